The van der Waals surface area contributed by atoms with Crippen molar-refractivity contribution in [3.05, 3.63) is 82.9 Å². The number of aryl methyl sites for hydroxylation is 2. The molecular weight excluding hydrogens is 428 g/mol. The maximum atomic E-state index is 12.2. The van der Waals surface area contributed by atoms with Crippen LogP contribution in [0.15, 0.2) is 66.7 Å². The average Bonchev–Trinajstić information content (AvgIpc) is 2.80. The highest BCUT2D eigenvalue weighted by Gasteiger charge is 2.16. The highest BCUT2D eigenvalue weighted by atomic mass is 35.5. The van der Waals surface area contributed by atoms with Crippen LogP contribution in [0.3, 0.4) is 0 Å². The van der Waals surface area contributed by atoms with Gasteiger partial charge in [-0.3, -0.25) is 20.4 Å². The number of benzene rings is 3. The molecule has 0 saturated heterocycles. The van der Waals surface area contributed by atoms with Gasteiger partial charge in [0.15, 0.2) is 12.7 Å². The summed E-state index contributed by atoms with van der Waals surface area (Å²) in [5.41, 5.74) is 8.53. The summed E-state index contributed by atoms with van der Waals surface area (Å²) in [6, 6.07) is 20.9. The fourth-order valence-corrected chi connectivity index (χ4v) is 3.13. The van der Waals surface area contributed by atoms with Gasteiger partial charge in [-0.25, -0.2) is 0 Å². The highest BCUT2D eigenvalue weighted by Crippen LogP contribution is 2.26. The van der Waals surface area contributed by atoms with Gasteiger partial charge in [0.05, 0.1) is 0 Å². The first-order valence-corrected chi connectivity index (χ1v) is 10.5. The number of hydrogen-bond donors (Lipinski definition) is 2. The van der Waals surface area contributed by atoms with Crippen molar-refractivity contribution in [2.75, 3.05) is 6.61 Å². The average molecular weight is 453 g/mol. The standard InChI is InChI=1S/C25H25ClN2O4/c1-16-13-22(14-17(2)24(16)26)31-15-23(29)27-28-25(30)18(3)32-21-11-9-20(10-12-21)19-7-5-4-6-8-19/h4-14,18H,15H2,1-3H3,(H,27,29)(H,28,30). The Labute approximate surface area is 192 Å². The van der Waals surface area contributed by atoms with Gasteiger partial charge in [0, 0.05) is 5.02 Å². The molecule has 3 aromatic carbocycles. The fraction of sp³-hybridized carbons (Fsp3) is 0.200. The van der Waals surface area contributed by atoms with E-state index in [1.807, 2.05) is 56.3 Å². The Morgan fingerprint density at radius 1 is 0.875 bits per heavy atom. The molecule has 6 nitrogen and oxygen atoms in total. The van der Waals surface area contributed by atoms with Gasteiger partial charge < -0.3 is 9.47 Å². The minimum atomic E-state index is -0.805. The van der Waals surface area contributed by atoms with Crippen LogP contribution >= 0.6 is 11.6 Å². The van der Waals surface area contributed by atoms with Crippen molar-refractivity contribution in [2.24, 2.45) is 0 Å². The Balaban J connectivity index is 1.44. The number of rotatable bonds is 7. The molecule has 0 bridgehead atoms. The maximum Gasteiger partial charge on any atom is 0.279 e. The normalized spacial score (nSPS) is 11.4. The first-order chi connectivity index (χ1) is 15.3. The Morgan fingerprint density at radius 2 is 1.47 bits per heavy atom. The van der Waals surface area contributed by atoms with Crippen LogP contribution in [-0.4, -0.2) is 24.5 Å². The van der Waals surface area contributed by atoms with Crippen molar-refractivity contribution < 1.29 is 19.1 Å². The minimum Gasteiger partial charge on any atom is -0.484 e. The Bertz CT molecular complexity index is 1060. The van der Waals surface area contributed by atoms with Gasteiger partial charge in [-0.05, 0) is 67.3 Å². The Hall–Kier alpha value is -3.51. The third-order valence-corrected chi connectivity index (χ3v) is 5.34. The van der Waals surface area contributed by atoms with E-state index in [4.69, 9.17) is 21.1 Å². The summed E-state index contributed by atoms with van der Waals surface area (Å²) >= 11 is 6.13. The van der Waals surface area contributed by atoms with Gasteiger partial charge in [-0.15, -0.1) is 0 Å². The van der Waals surface area contributed by atoms with Crippen molar-refractivity contribution in [2.45, 2.75) is 26.9 Å². The summed E-state index contributed by atoms with van der Waals surface area (Å²) in [5.74, 6) is 0.101. The lowest BCUT2D eigenvalue weighted by atomic mass is 10.1. The van der Waals surface area contributed by atoms with Crippen LogP contribution in [0, 0.1) is 13.8 Å². The lowest BCUT2D eigenvalue weighted by molar-refractivity contribution is -0.133. The number of ether oxygens (including phenoxy) is 2. The first kappa shape index (κ1) is 23.2. The summed E-state index contributed by atoms with van der Waals surface area (Å²) in [6.07, 6.45) is -0.805. The predicted molar refractivity (Wildman–Crippen MR) is 125 cm³/mol. The van der Waals surface area contributed by atoms with Crippen molar-refractivity contribution in [3.63, 3.8) is 0 Å². The molecule has 1 unspecified atom stereocenters. The molecule has 0 aliphatic carbocycles. The van der Waals surface area contributed by atoms with Crippen LogP contribution in [0.4, 0.5) is 0 Å². The Morgan fingerprint density at radius 3 is 2.09 bits per heavy atom. The Kier molecular flexibility index (Phi) is 7.73. The van der Waals surface area contributed by atoms with Crippen molar-refractivity contribution >= 4 is 23.4 Å². The lowest BCUT2D eigenvalue weighted by Crippen LogP contribution is -2.48. The van der Waals surface area contributed by atoms with E-state index in [9.17, 15) is 9.59 Å². The second-order valence-electron chi connectivity index (χ2n) is 7.35. The van der Waals surface area contributed by atoms with Crippen molar-refractivity contribution in [3.8, 4) is 22.6 Å². The largest absolute Gasteiger partial charge is 0.484 e. The van der Waals surface area contributed by atoms with E-state index in [1.54, 1.807) is 31.2 Å². The SMILES string of the molecule is Cc1cc(OCC(=O)NNC(=O)C(C)Oc2ccc(-c3ccccc3)cc2)cc(C)c1Cl. The smallest absolute Gasteiger partial charge is 0.279 e. The third kappa shape index (κ3) is 6.25. The monoisotopic (exact) mass is 452 g/mol. The van der Waals surface area contributed by atoms with Gasteiger partial charge in [0.2, 0.25) is 0 Å². The molecule has 0 aromatic heterocycles. The molecule has 0 saturated carbocycles. The zero-order chi connectivity index (χ0) is 23.1. The molecule has 2 amide bonds. The maximum absolute atomic E-state index is 12.2. The van der Waals surface area contributed by atoms with Gasteiger partial charge in [-0.2, -0.15) is 0 Å². The van der Waals surface area contributed by atoms with E-state index in [2.05, 4.69) is 10.9 Å². The van der Waals surface area contributed by atoms with E-state index >= 15 is 0 Å². The number of nitrogens with one attached hydrogen (secondary N) is 2. The van der Waals surface area contributed by atoms with E-state index in [0.717, 1.165) is 22.3 Å². The molecule has 0 radical (unpaired) electrons. The molecule has 3 rings (SSSR count). The molecule has 1 atom stereocenters. The van der Waals surface area contributed by atoms with E-state index in [-0.39, 0.29) is 6.61 Å². The molecule has 0 fully saturated rings. The number of halogens is 1. The van der Waals surface area contributed by atoms with Gasteiger partial charge >= 0.3 is 0 Å². The van der Waals surface area contributed by atoms with Crippen LogP contribution in [0.2, 0.25) is 5.02 Å². The number of hydrogen-bond acceptors (Lipinski definition) is 4. The molecule has 32 heavy (non-hydrogen) atoms. The number of carbonyl (C=O) groups is 2. The van der Waals surface area contributed by atoms with E-state index in [1.165, 1.54) is 0 Å². The minimum absolute atomic E-state index is 0.253. The molecule has 7 heteroatoms. The summed E-state index contributed by atoms with van der Waals surface area (Å²) in [5, 5.41) is 0.665. The predicted octanol–water partition coefficient (Wildman–Crippen LogP) is 4.62. The molecule has 0 spiro atoms. The zero-order valence-electron chi connectivity index (χ0n) is 18.1. The molecule has 2 N–H and O–H groups in total. The summed E-state index contributed by atoms with van der Waals surface area (Å²) in [4.78, 5) is 24.2. The van der Waals surface area contributed by atoms with Gasteiger partial charge in [0.25, 0.3) is 11.8 Å². The van der Waals surface area contributed by atoms with Gasteiger partial charge in [-0.1, -0.05) is 54.1 Å². The third-order valence-electron chi connectivity index (χ3n) is 4.75. The van der Waals surface area contributed by atoms with E-state index in [0.29, 0.717) is 16.5 Å². The molecule has 166 valence electrons. The van der Waals surface area contributed by atoms with E-state index < -0.39 is 17.9 Å². The second kappa shape index (κ2) is 10.7. The van der Waals surface area contributed by atoms with Crippen LogP contribution in [0.1, 0.15) is 18.1 Å². The summed E-state index contributed by atoms with van der Waals surface area (Å²) in [7, 11) is 0. The second-order valence-corrected chi connectivity index (χ2v) is 7.73. The molecule has 0 aliphatic rings. The summed E-state index contributed by atoms with van der Waals surface area (Å²) in [6.45, 7) is 5.07. The number of amides is 2. The zero-order valence-corrected chi connectivity index (χ0v) is 18.9. The number of hydrazine groups is 1. The van der Waals surface area contributed by atoms with Crippen LogP contribution in [-0.2, 0) is 9.59 Å². The topological polar surface area (TPSA) is 76.7 Å². The first-order valence-electron chi connectivity index (χ1n) is 10.1. The molecular formula is C25H25ClN2O4. The highest BCUT2D eigenvalue weighted by molar-refractivity contribution is 6.32. The molecule has 0 aliphatic heterocycles. The van der Waals surface area contributed by atoms with Crippen molar-refractivity contribution in [1.82, 2.24) is 10.9 Å². The van der Waals surface area contributed by atoms with Gasteiger partial charge in [0.1, 0.15) is 11.5 Å². The molecule has 3 aromatic rings. The van der Waals surface area contributed by atoms with Crippen molar-refractivity contribution in [1.29, 1.82) is 0 Å². The molecule has 0 heterocycles. The van der Waals surface area contributed by atoms with Crippen LogP contribution in [0.5, 0.6) is 11.5 Å². The van der Waals surface area contributed by atoms with Crippen LogP contribution in [0.25, 0.3) is 11.1 Å². The number of carbonyl (C=O) groups excluding carboxylic acids is 2. The fourth-order valence-electron chi connectivity index (χ4n) is 3.02. The summed E-state index contributed by atoms with van der Waals surface area (Å²) < 4.78 is 11.1. The quantitative estimate of drug-likeness (QED) is 0.513. The van der Waals surface area contributed by atoms with Crippen LogP contribution < -0.4 is 20.3 Å². The lowest BCUT2D eigenvalue weighted by Gasteiger charge is -2.16.